The van der Waals surface area contributed by atoms with E-state index in [0.29, 0.717) is 17.0 Å². The predicted molar refractivity (Wildman–Crippen MR) is 104 cm³/mol. The van der Waals surface area contributed by atoms with E-state index < -0.39 is 41.4 Å². The lowest BCUT2D eigenvalue weighted by atomic mass is 10.1. The zero-order valence-electron chi connectivity index (χ0n) is 16.9. The van der Waals surface area contributed by atoms with E-state index in [0.717, 1.165) is 18.3 Å². The molecule has 0 bridgehead atoms. The molecular weight excluding hydrogens is 455 g/mol. The van der Waals surface area contributed by atoms with Crippen LogP contribution >= 0.6 is 0 Å². The van der Waals surface area contributed by atoms with Crippen molar-refractivity contribution < 1.29 is 37.2 Å². The Hall–Kier alpha value is -3.71. The first-order chi connectivity index (χ1) is 15.4. The zero-order valence-corrected chi connectivity index (χ0v) is 16.9. The van der Waals surface area contributed by atoms with E-state index >= 15 is 0 Å². The molecule has 33 heavy (non-hydrogen) atoms. The molecule has 2 aromatic rings. The fraction of sp³-hybridized carbons (Fsp3) is 0.368. The quantitative estimate of drug-likeness (QED) is 0.157. The Morgan fingerprint density at radius 1 is 1.21 bits per heavy atom. The largest absolute Gasteiger partial charge is 0.428 e. The van der Waals surface area contributed by atoms with Crippen LogP contribution in [0.15, 0.2) is 40.7 Å². The van der Waals surface area contributed by atoms with Crippen LogP contribution < -0.4 is 16.0 Å². The third kappa shape index (κ3) is 5.56. The average Bonchev–Trinajstić information content (AvgIpc) is 2.93. The van der Waals surface area contributed by atoms with E-state index in [2.05, 4.69) is 15.1 Å². The molecule has 3 rings (SSSR count). The van der Waals surface area contributed by atoms with Crippen LogP contribution in [-0.2, 0) is 6.18 Å². The second-order valence-electron chi connectivity index (χ2n) is 7.31. The van der Waals surface area contributed by atoms with Crippen molar-refractivity contribution in [2.75, 3.05) is 18.0 Å². The van der Waals surface area contributed by atoms with Gasteiger partial charge >= 0.3 is 6.18 Å². The molecule has 0 spiro atoms. The third-order valence-electron chi connectivity index (χ3n) is 4.96. The van der Waals surface area contributed by atoms with Crippen molar-refractivity contribution in [3.8, 4) is 0 Å². The van der Waals surface area contributed by atoms with E-state index in [9.17, 15) is 32.0 Å². The maximum atomic E-state index is 13.7. The van der Waals surface area contributed by atoms with Crippen molar-refractivity contribution >= 4 is 17.6 Å². The van der Waals surface area contributed by atoms with Crippen molar-refractivity contribution in [2.24, 2.45) is 15.9 Å². The van der Waals surface area contributed by atoms with Crippen LogP contribution in [0.25, 0.3) is 0 Å². The number of alkyl halides is 5. The lowest BCUT2D eigenvalue weighted by Crippen LogP contribution is -2.29. The Kier molecular flexibility index (Phi) is 6.56. The van der Waals surface area contributed by atoms with Crippen molar-refractivity contribution in [3.05, 3.63) is 52.8 Å². The Labute approximate surface area is 183 Å². The number of oxime groups is 1. The molecule has 1 saturated heterocycles. The average molecular weight is 474 g/mol. The van der Waals surface area contributed by atoms with Crippen LogP contribution in [0, 0.1) is 0 Å². The highest BCUT2D eigenvalue weighted by Gasteiger charge is 2.35. The standard InChI is InChI=1S/C19H19F5N6O3/c20-18(21)3-1-5-29(7-4-18)16-13(8-11(10-26-16)19(22,23)24)17(31)27-12-2-6-30(33)14(9-12)15(25)28-32/h2,6,8-10,32-33H,1,3-5,7H2,(H2,25,28). The highest BCUT2D eigenvalue weighted by molar-refractivity contribution is 6.00. The van der Waals surface area contributed by atoms with E-state index in [4.69, 9.17) is 10.9 Å². The first kappa shape index (κ1) is 23.9. The van der Waals surface area contributed by atoms with Gasteiger partial charge in [0.05, 0.1) is 16.5 Å². The zero-order chi connectivity index (χ0) is 24.4. The molecular formula is C19H19F5N6O3. The molecule has 1 amide bonds. The van der Waals surface area contributed by atoms with Crippen molar-refractivity contribution in [1.29, 1.82) is 0 Å². The fourth-order valence-electron chi connectivity index (χ4n) is 3.27. The van der Waals surface area contributed by atoms with Crippen molar-refractivity contribution in [3.63, 3.8) is 0 Å². The number of hydrogen-bond donors (Lipinski definition) is 3. The molecule has 178 valence electrons. The number of carbonyl (C=O) groups is 1. The number of rotatable bonds is 3. The van der Waals surface area contributed by atoms with Gasteiger partial charge in [-0.2, -0.15) is 17.9 Å². The van der Waals surface area contributed by atoms with Gasteiger partial charge in [-0.15, -0.1) is 0 Å². The van der Waals surface area contributed by atoms with Gasteiger partial charge in [-0.3, -0.25) is 4.79 Å². The Morgan fingerprint density at radius 2 is 1.94 bits per heavy atom. The number of pyridine rings is 2. The lowest BCUT2D eigenvalue weighted by Gasteiger charge is -2.24. The number of aromatic nitrogens is 2. The molecule has 9 nitrogen and oxygen atoms in total. The predicted octanol–water partition coefficient (Wildman–Crippen LogP) is 2.60. The van der Waals surface area contributed by atoms with E-state index in [1.54, 1.807) is 0 Å². The monoisotopic (exact) mass is 474 g/mol. The van der Waals surface area contributed by atoms with Gasteiger partial charge in [-0.05, 0) is 24.6 Å². The molecule has 14 heteroatoms. The molecule has 0 saturated carbocycles. The van der Waals surface area contributed by atoms with Crippen molar-refractivity contribution in [2.45, 2.75) is 31.4 Å². The number of nitrogens with two attached hydrogens (primary N) is 1. The second-order valence-corrected chi connectivity index (χ2v) is 7.31. The first-order valence-electron chi connectivity index (χ1n) is 9.60. The molecule has 3 heterocycles. The van der Waals surface area contributed by atoms with Crippen LogP contribution in [0.1, 0.15) is 40.9 Å². The highest BCUT2D eigenvalue weighted by atomic mass is 19.4. The van der Waals surface area contributed by atoms with E-state index in [1.165, 1.54) is 4.90 Å². The first-order valence-corrected chi connectivity index (χ1v) is 9.60. The fourth-order valence-corrected chi connectivity index (χ4v) is 3.27. The maximum Gasteiger partial charge on any atom is 0.417 e. The van der Waals surface area contributed by atoms with E-state index in [1.807, 2.05) is 0 Å². The number of anilines is 1. The van der Waals surface area contributed by atoms with E-state index in [-0.39, 0.29) is 42.8 Å². The highest BCUT2D eigenvalue weighted by Crippen LogP contribution is 2.34. The molecule has 0 atom stereocenters. The van der Waals surface area contributed by atoms with Gasteiger partial charge in [0.25, 0.3) is 5.91 Å². The minimum absolute atomic E-state index is 0.0544. The number of amides is 1. The summed E-state index contributed by atoms with van der Waals surface area (Å²) in [7, 11) is 0. The SMILES string of the molecule is N/C(=N\O)c1cc(=NC(=O)c2cc(C(F)(F)F)cnc2N2CCCC(F)(F)CC2)ccn1O. The van der Waals surface area contributed by atoms with Crippen LogP contribution in [-0.4, -0.2) is 50.9 Å². The van der Waals surface area contributed by atoms with Gasteiger partial charge in [0, 0.05) is 38.3 Å². The van der Waals surface area contributed by atoms with Gasteiger partial charge < -0.3 is 21.0 Å². The molecule has 1 aliphatic heterocycles. The lowest BCUT2D eigenvalue weighted by molar-refractivity contribution is -0.137. The summed E-state index contributed by atoms with van der Waals surface area (Å²) in [6.45, 7) is -0.146. The number of carbonyl (C=O) groups excluding carboxylic acids is 1. The van der Waals surface area contributed by atoms with Gasteiger partial charge in [0.15, 0.2) is 5.84 Å². The third-order valence-corrected chi connectivity index (χ3v) is 4.96. The Bertz CT molecular complexity index is 1150. The van der Waals surface area contributed by atoms with Crippen molar-refractivity contribution in [1.82, 2.24) is 9.71 Å². The molecule has 0 unspecified atom stereocenters. The molecule has 2 aromatic heterocycles. The second kappa shape index (κ2) is 9.03. The maximum absolute atomic E-state index is 13.7. The summed E-state index contributed by atoms with van der Waals surface area (Å²) >= 11 is 0. The Morgan fingerprint density at radius 3 is 2.61 bits per heavy atom. The van der Waals surface area contributed by atoms with Crippen LogP contribution in [0.3, 0.4) is 0 Å². The number of halogens is 5. The smallest absolute Gasteiger partial charge is 0.417 e. The van der Waals surface area contributed by atoms with Crippen LogP contribution in [0.2, 0.25) is 0 Å². The molecule has 0 aliphatic carbocycles. The summed E-state index contributed by atoms with van der Waals surface area (Å²) in [6.07, 6.45) is -4.14. The number of nitrogens with zero attached hydrogens (tertiary/aromatic N) is 5. The molecule has 4 N–H and O–H groups in total. The minimum atomic E-state index is -4.80. The van der Waals surface area contributed by atoms with Crippen LogP contribution in [0.5, 0.6) is 0 Å². The van der Waals surface area contributed by atoms with Gasteiger partial charge in [0.2, 0.25) is 5.92 Å². The summed E-state index contributed by atoms with van der Waals surface area (Å²) in [5.41, 5.74) is 3.44. The topological polar surface area (TPSA) is 129 Å². The normalized spacial score (nSPS) is 17.7. The van der Waals surface area contributed by atoms with Gasteiger partial charge in [-0.25, -0.2) is 18.8 Å². The summed E-state index contributed by atoms with van der Waals surface area (Å²) in [5.74, 6) is -4.77. The molecule has 1 aliphatic rings. The summed E-state index contributed by atoms with van der Waals surface area (Å²) in [5, 5.41) is 21.1. The minimum Gasteiger partial charge on any atom is -0.428 e. The number of hydrogen-bond acceptors (Lipinski definition) is 6. The summed E-state index contributed by atoms with van der Waals surface area (Å²) in [6, 6.07) is 2.77. The van der Waals surface area contributed by atoms with Gasteiger partial charge in [-0.1, -0.05) is 5.16 Å². The Balaban J connectivity index is 2.08. The van der Waals surface area contributed by atoms with Gasteiger partial charge in [0.1, 0.15) is 11.5 Å². The number of amidine groups is 1. The molecule has 0 aromatic carbocycles. The molecule has 1 fully saturated rings. The van der Waals surface area contributed by atoms with Crippen LogP contribution in [0.4, 0.5) is 27.8 Å². The summed E-state index contributed by atoms with van der Waals surface area (Å²) in [4.78, 5) is 21.7. The summed E-state index contributed by atoms with van der Waals surface area (Å²) < 4.78 is 67.7. The molecule has 0 radical (unpaired) electrons.